The first kappa shape index (κ1) is 11.2. The zero-order valence-corrected chi connectivity index (χ0v) is 9.85. The van der Waals surface area contributed by atoms with Crippen LogP contribution in [0.3, 0.4) is 0 Å². The van der Waals surface area contributed by atoms with Gasteiger partial charge in [0.15, 0.2) is 0 Å². The van der Waals surface area contributed by atoms with E-state index in [0.29, 0.717) is 12.6 Å². The quantitative estimate of drug-likeness (QED) is 0.811. The van der Waals surface area contributed by atoms with Crippen molar-refractivity contribution in [2.45, 2.75) is 32.4 Å². The fourth-order valence-corrected chi connectivity index (χ4v) is 1.93. The molecule has 0 saturated carbocycles. The number of anilines is 2. The van der Waals surface area contributed by atoms with Crippen molar-refractivity contribution >= 4 is 11.6 Å². The molecule has 1 aliphatic heterocycles. The van der Waals surface area contributed by atoms with Gasteiger partial charge in [0.05, 0.1) is 6.10 Å². The normalized spacial score (nSPS) is 20.5. The highest BCUT2D eigenvalue weighted by Gasteiger charge is 2.21. The number of nitrogens with one attached hydrogen (secondary N) is 1. The Labute approximate surface area is 96.3 Å². The summed E-state index contributed by atoms with van der Waals surface area (Å²) < 4.78 is 0. The molecule has 0 aliphatic carbocycles. The summed E-state index contributed by atoms with van der Waals surface area (Å²) >= 11 is 0. The van der Waals surface area contributed by atoms with Crippen molar-refractivity contribution in [1.29, 1.82) is 0 Å². The van der Waals surface area contributed by atoms with E-state index in [9.17, 15) is 5.11 Å². The number of hydrogen-bond donors (Lipinski definition) is 2. The molecule has 16 heavy (non-hydrogen) atoms. The Morgan fingerprint density at radius 1 is 1.50 bits per heavy atom. The molecule has 1 aromatic heterocycles. The number of aliphatic hydroxyl groups is 1. The molecule has 2 rings (SSSR count). The Morgan fingerprint density at radius 2 is 2.31 bits per heavy atom. The van der Waals surface area contributed by atoms with Gasteiger partial charge >= 0.3 is 0 Å². The molecule has 0 bridgehead atoms. The van der Waals surface area contributed by atoms with E-state index in [4.69, 9.17) is 0 Å². The Morgan fingerprint density at radius 3 is 2.94 bits per heavy atom. The number of β-amino-alcohol motifs (C(OH)–C–C–N with tert-alkyl or cyclic N) is 1. The van der Waals surface area contributed by atoms with Gasteiger partial charge in [0, 0.05) is 19.1 Å². The van der Waals surface area contributed by atoms with Crippen LogP contribution in [0.5, 0.6) is 0 Å². The molecule has 1 atom stereocenters. The Kier molecular flexibility index (Phi) is 3.29. The van der Waals surface area contributed by atoms with Crippen molar-refractivity contribution in [3.63, 3.8) is 0 Å². The molecule has 2 heterocycles. The van der Waals surface area contributed by atoms with Crippen LogP contribution in [-0.2, 0) is 0 Å². The minimum absolute atomic E-state index is 0.205. The highest BCUT2D eigenvalue weighted by Crippen LogP contribution is 2.19. The lowest BCUT2D eigenvalue weighted by Crippen LogP contribution is -2.22. The van der Waals surface area contributed by atoms with Gasteiger partial charge in [-0.25, -0.2) is 4.98 Å². The van der Waals surface area contributed by atoms with Crippen LogP contribution in [0, 0.1) is 0 Å². The standard InChI is InChI=1S/C12H19N3O/c1-9(2)13-11-4-3-5-12(14-11)15-7-6-10(16)8-15/h3-5,9-10,16H,6-8H2,1-2H3,(H,13,14). The Bertz CT molecular complexity index is 354. The van der Waals surface area contributed by atoms with E-state index in [1.807, 2.05) is 18.2 Å². The van der Waals surface area contributed by atoms with Gasteiger partial charge in [-0.05, 0) is 32.4 Å². The number of nitrogens with zero attached hydrogens (tertiary/aromatic N) is 2. The number of hydrogen-bond acceptors (Lipinski definition) is 4. The van der Waals surface area contributed by atoms with Crippen LogP contribution >= 0.6 is 0 Å². The lowest BCUT2D eigenvalue weighted by molar-refractivity contribution is 0.198. The van der Waals surface area contributed by atoms with Gasteiger partial charge in [-0.1, -0.05) is 6.07 Å². The molecule has 1 saturated heterocycles. The number of pyridine rings is 1. The maximum Gasteiger partial charge on any atom is 0.131 e. The Balaban J connectivity index is 2.09. The third kappa shape index (κ3) is 2.64. The molecule has 0 radical (unpaired) electrons. The van der Waals surface area contributed by atoms with Gasteiger partial charge in [-0.3, -0.25) is 0 Å². The average Bonchev–Trinajstić information content (AvgIpc) is 2.64. The second-order valence-corrected chi connectivity index (χ2v) is 4.57. The van der Waals surface area contributed by atoms with Crippen LogP contribution in [0.15, 0.2) is 18.2 Å². The summed E-state index contributed by atoms with van der Waals surface area (Å²) in [5, 5.41) is 12.8. The minimum atomic E-state index is -0.205. The van der Waals surface area contributed by atoms with Crippen LogP contribution < -0.4 is 10.2 Å². The maximum atomic E-state index is 9.49. The van der Waals surface area contributed by atoms with Crippen LogP contribution in [0.1, 0.15) is 20.3 Å². The lowest BCUT2D eigenvalue weighted by atomic mass is 10.3. The summed E-state index contributed by atoms with van der Waals surface area (Å²) in [6.07, 6.45) is 0.632. The van der Waals surface area contributed by atoms with E-state index in [-0.39, 0.29) is 6.10 Å². The fourth-order valence-electron chi connectivity index (χ4n) is 1.93. The molecule has 2 N–H and O–H groups in total. The molecule has 0 aromatic carbocycles. The highest BCUT2D eigenvalue weighted by atomic mass is 16.3. The maximum absolute atomic E-state index is 9.49. The number of aliphatic hydroxyl groups excluding tert-OH is 1. The second kappa shape index (κ2) is 4.70. The van der Waals surface area contributed by atoms with Gasteiger partial charge in [-0.2, -0.15) is 0 Å². The summed E-state index contributed by atoms with van der Waals surface area (Å²) in [6, 6.07) is 6.34. The Hall–Kier alpha value is -1.29. The summed E-state index contributed by atoms with van der Waals surface area (Å²) in [5.41, 5.74) is 0. The van der Waals surface area contributed by atoms with Gasteiger partial charge in [-0.15, -0.1) is 0 Å². The van der Waals surface area contributed by atoms with Crippen LogP contribution in [0.4, 0.5) is 11.6 Å². The van der Waals surface area contributed by atoms with Crippen molar-refractivity contribution in [3.8, 4) is 0 Å². The van der Waals surface area contributed by atoms with Crippen molar-refractivity contribution in [3.05, 3.63) is 18.2 Å². The van der Waals surface area contributed by atoms with Gasteiger partial charge < -0.3 is 15.3 Å². The topological polar surface area (TPSA) is 48.4 Å². The monoisotopic (exact) mass is 221 g/mol. The van der Waals surface area contributed by atoms with Crippen molar-refractivity contribution < 1.29 is 5.11 Å². The summed E-state index contributed by atoms with van der Waals surface area (Å²) in [7, 11) is 0. The van der Waals surface area contributed by atoms with E-state index >= 15 is 0 Å². The van der Waals surface area contributed by atoms with Gasteiger partial charge in [0.2, 0.25) is 0 Å². The van der Waals surface area contributed by atoms with E-state index in [0.717, 1.165) is 24.6 Å². The minimum Gasteiger partial charge on any atom is -0.391 e. The molecule has 1 aromatic rings. The summed E-state index contributed by atoms with van der Waals surface area (Å²) in [6.45, 7) is 5.76. The summed E-state index contributed by atoms with van der Waals surface area (Å²) in [5.74, 6) is 1.84. The molecule has 1 aliphatic rings. The molecular weight excluding hydrogens is 202 g/mol. The molecule has 1 fully saturated rings. The first-order chi connectivity index (χ1) is 7.65. The largest absolute Gasteiger partial charge is 0.391 e. The van der Waals surface area contributed by atoms with Crippen molar-refractivity contribution in [2.24, 2.45) is 0 Å². The fraction of sp³-hybridized carbons (Fsp3) is 0.583. The smallest absolute Gasteiger partial charge is 0.131 e. The van der Waals surface area contributed by atoms with E-state index in [1.54, 1.807) is 0 Å². The molecule has 0 spiro atoms. The first-order valence-electron chi connectivity index (χ1n) is 5.82. The zero-order chi connectivity index (χ0) is 11.5. The third-order valence-electron chi connectivity index (χ3n) is 2.66. The number of aromatic nitrogens is 1. The van der Waals surface area contributed by atoms with Crippen LogP contribution in [0.2, 0.25) is 0 Å². The summed E-state index contributed by atoms with van der Waals surface area (Å²) in [4.78, 5) is 6.65. The van der Waals surface area contributed by atoms with E-state index in [1.165, 1.54) is 0 Å². The van der Waals surface area contributed by atoms with Gasteiger partial charge in [0.25, 0.3) is 0 Å². The molecule has 88 valence electrons. The van der Waals surface area contributed by atoms with E-state index in [2.05, 4.69) is 29.0 Å². The number of rotatable bonds is 3. The average molecular weight is 221 g/mol. The van der Waals surface area contributed by atoms with Crippen molar-refractivity contribution in [1.82, 2.24) is 4.98 Å². The lowest BCUT2D eigenvalue weighted by Gasteiger charge is -2.18. The highest BCUT2D eigenvalue weighted by molar-refractivity contribution is 5.48. The van der Waals surface area contributed by atoms with Gasteiger partial charge in [0.1, 0.15) is 11.6 Å². The predicted molar refractivity (Wildman–Crippen MR) is 65.8 cm³/mol. The van der Waals surface area contributed by atoms with Crippen LogP contribution in [0.25, 0.3) is 0 Å². The molecular formula is C12H19N3O. The van der Waals surface area contributed by atoms with Crippen LogP contribution in [-0.4, -0.2) is 35.3 Å². The zero-order valence-electron chi connectivity index (χ0n) is 9.85. The molecule has 4 nitrogen and oxygen atoms in total. The SMILES string of the molecule is CC(C)Nc1cccc(N2CCC(O)C2)n1. The molecule has 4 heteroatoms. The first-order valence-corrected chi connectivity index (χ1v) is 5.82. The second-order valence-electron chi connectivity index (χ2n) is 4.57. The molecule has 1 unspecified atom stereocenters. The van der Waals surface area contributed by atoms with Crippen molar-refractivity contribution in [2.75, 3.05) is 23.3 Å². The predicted octanol–water partition coefficient (Wildman–Crippen LogP) is 1.47. The van der Waals surface area contributed by atoms with E-state index < -0.39 is 0 Å². The third-order valence-corrected chi connectivity index (χ3v) is 2.66. The molecule has 0 amide bonds.